The zero-order chi connectivity index (χ0) is 26.4. The fraction of sp³-hybridized carbons (Fsp3) is 0.360. The molecule has 8 nitrogen and oxygen atoms in total. The van der Waals surface area contributed by atoms with Crippen LogP contribution in [0.25, 0.3) is 0 Å². The summed E-state index contributed by atoms with van der Waals surface area (Å²) in [6.45, 7) is 4.89. The smallest absolute Gasteiger partial charge is 0.322 e. The predicted octanol–water partition coefficient (Wildman–Crippen LogP) is 4.07. The van der Waals surface area contributed by atoms with Crippen LogP contribution in [0.2, 0.25) is 10.0 Å². The molecule has 1 aliphatic rings. The number of amides is 2. The van der Waals surface area contributed by atoms with Gasteiger partial charge in [0.25, 0.3) is 5.91 Å². The first kappa shape index (κ1) is 28.3. The molecule has 0 saturated heterocycles. The van der Waals surface area contributed by atoms with Crippen LogP contribution in [0.1, 0.15) is 42.6 Å². The van der Waals surface area contributed by atoms with Gasteiger partial charge >= 0.3 is 5.97 Å². The number of benzene rings is 2. The van der Waals surface area contributed by atoms with Crippen molar-refractivity contribution < 1.29 is 24.3 Å². The van der Waals surface area contributed by atoms with Crippen LogP contribution < -0.4 is 16.4 Å². The van der Waals surface area contributed by atoms with E-state index in [1.54, 1.807) is 32.0 Å². The molecule has 5 N–H and O–H groups in total. The summed E-state index contributed by atoms with van der Waals surface area (Å²) in [4.78, 5) is 45.3. The number of anilines is 1. The van der Waals surface area contributed by atoms with Crippen LogP contribution in [0.4, 0.5) is 5.69 Å². The van der Waals surface area contributed by atoms with Crippen LogP contribution in [-0.4, -0.2) is 41.3 Å². The molecule has 2 aromatic carbocycles. The zero-order valence-electron chi connectivity index (χ0n) is 19.7. The Bertz CT molecular complexity index is 1080. The molecule has 1 aliphatic carbocycles. The van der Waals surface area contributed by atoms with Gasteiger partial charge in [-0.3, -0.25) is 14.4 Å². The molecular formula is C25H29Cl2N3O5. The maximum absolute atomic E-state index is 12.1. The van der Waals surface area contributed by atoms with Crippen molar-refractivity contribution in [1.82, 2.24) is 5.32 Å². The predicted molar refractivity (Wildman–Crippen MR) is 136 cm³/mol. The van der Waals surface area contributed by atoms with Gasteiger partial charge in [0, 0.05) is 17.1 Å². The molecule has 2 aromatic rings. The van der Waals surface area contributed by atoms with Crippen LogP contribution in [0.3, 0.4) is 0 Å². The van der Waals surface area contributed by atoms with Crippen LogP contribution >= 0.6 is 23.2 Å². The monoisotopic (exact) mass is 521 g/mol. The van der Waals surface area contributed by atoms with E-state index in [4.69, 9.17) is 34.0 Å². The summed E-state index contributed by atoms with van der Waals surface area (Å²) >= 11 is 11.9. The van der Waals surface area contributed by atoms with Crippen LogP contribution in [-0.2, 0) is 14.4 Å². The van der Waals surface area contributed by atoms with Gasteiger partial charge in [0.1, 0.15) is 12.8 Å². The first-order valence-corrected chi connectivity index (χ1v) is 11.7. The zero-order valence-corrected chi connectivity index (χ0v) is 21.2. The van der Waals surface area contributed by atoms with E-state index in [0.29, 0.717) is 34.1 Å². The van der Waals surface area contributed by atoms with Gasteiger partial charge in [-0.15, -0.1) is 0 Å². The summed E-state index contributed by atoms with van der Waals surface area (Å²) in [5.74, 6) is -2.20. The van der Waals surface area contributed by atoms with Gasteiger partial charge in [0.15, 0.2) is 0 Å². The van der Waals surface area contributed by atoms with Crippen LogP contribution in [0, 0.1) is 18.3 Å². The Morgan fingerprint density at radius 3 is 2.17 bits per heavy atom. The van der Waals surface area contributed by atoms with Gasteiger partial charge < -0.3 is 26.3 Å². The largest absolute Gasteiger partial charge is 0.480 e. The van der Waals surface area contributed by atoms with Gasteiger partial charge in [0.2, 0.25) is 5.91 Å². The lowest BCUT2D eigenvalue weighted by Gasteiger charge is -2.38. The van der Waals surface area contributed by atoms with E-state index in [-0.39, 0.29) is 11.8 Å². The molecule has 0 bridgehead atoms. The highest BCUT2D eigenvalue weighted by molar-refractivity contribution is 6.40. The second-order valence-electron chi connectivity index (χ2n) is 8.89. The topological polar surface area (TPSA) is 139 Å². The highest BCUT2D eigenvalue weighted by Gasteiger charge is 2.56. The molecule has 0 radical (unpaired) electrons. The molecule has 188 valence electrons. The van der Waals surface area contributed by atoms with Crippen molar-refractivity contribution in [2.24, 2.45) is 17.1 Å². The van der Waals surface area contributed by atoms with Gasteiger partial charge in [-0.05, 0) is 57.9 Å². The normalized spacial score (nSPS) is 23.0. The number of aliphatic carboxylic acids is 1. The molecule has 1 saturated carbocycles. The van der Waals surface area contributed by atoms with Crippen LogP contribution in [0.15, 0.2) is 42.5 Å². The Labute approximate surface area is 214 Å². The van der Waals surface area contributed by atoms with E-state index in [2.05, 4.69) is 10.6 Å². The number of aryl methyl sites for hydroxylation is 1. The molecule has 0 spiro atoms. The van der Waals surface area contributed by atoms with E-state index in [0.717, 1.165) is 11.8 Å². The molecule has 3 rings (SSSR count). The lowest BCUT2D eigenvalue weighted by Crippen LogP contribution is -2.59. The summed E-state index contributed by atoms with van der Waals surface area (Å²) < 4.78 is 0. The first-order chi connectivity index (χ1) is 16.3. The quantitative estimate of drug-likeness (QED) is 0.422. The minimum absolute atomic E-state index is 0.293. The average molecular weight is 522 g/mol. The Hall–Kier alpha value is -2.94. The number of carbonyl (C=O) groups is 4. The van der Waals surface area contributed by atoms with E-state index >= 15 is 0 Å². The number of nitrogens with two attached hydrogens (primary N) is 1. The van der Waals surface area contributed by atoms with Gasteiger partial charge in [0.05, 0.1) is 21.0 Å². The average Bonchev–Trinajstić information content (AvgIpc) is 3.03. The van der Waals surface area contributed by atoms with Crippen molar-refractivity contribution in [1.29, 1.82) is 0 Å². The van der Waals surface area contributed by atoms with E-state index in [9.17, 15) is 19.2 Å². The van der Waals surface area contributed by atoms with Crippen molar-refractivity contribution in [3.63, 3.8) is 0 Å². The first-order valence-electron chi connectivity index (χ1n) is 10.9. The Kier molecular flexibility index (Phi) is 9.43. The number of carboxylic acid groups (broad SMARTS) is 1. The number of carboxylic acids is 1. The van der Waals surface area contributed by atoms with E-state index < -0.39 is 29.4 Å². The fourth-order valence-corrected chi connectivity index (χ4v) is 4.46. The Morgan fingerprint density at radius 1 is 1.11 bits per heavy atom. The minimum atomic E-state index is -1.11. The highest BCUT2D eigenvalue weighted by Crippen LogP contribution is 2.47. The molecule has 2 amide bonds. The lowest BCUT2D eigenvalue weighted by molar-refractivity contribution is -0.141. The molecule has 0 aromatic heterocycles. The maximum Gasteiger partial charge on any atom is 0.322 e. The number of nitrogens with one attached hydrogen (secondary N) is 2. The molecule has 1 unspecified atom stereocenters. The molecular weight excluding hydrogens is 493 g/mol. The van der Waals surface area contributed by atoms with E-state index in [1.807, 2.05) is 31.2 Å². The minimum Gasteiger partial charge on any atom is -0.480 e. The lowest BCUT2D eigenvalue weighted by atomic mass is 9.71. The summed E-state index contributed by atoms with van der Waals surface area (Å²) in [7, 11) is 0. The number of hydrogen-bond acceptors (Lipinski definition) is 5. The second-order valence-corrected chi connectivity index (χ2v) is 9.70. The molecule has 3 atom stereocenters. The Balaban J connectivity index is 0.000000247. The van der Waals surface area contributed by atoms with Crippen molar-refractivity contribution >= 4 is 53.0 Å². The van der Waals surface area contributed by atoms with E-state index in [1.165, 1.54) is 0 Å². The molecule has 0 aliphatic heterocycles. The number of rotatable bonds is 6. The third-order valence-electron chi connectivity index (χ3n) is 6.48. The van der Waals surface area contributed by atoms with Crippen molar-refractivity contribution in [3.05, 3.63) is 63.6 Å². The third-order valence-corrected chi connectivity index (χ3v) is 7.11. The fourth-order valence-electron chi connectivity index (χ4n) is 3.89. The highest BCUT2D eigenvalue weighted by atomic mass is 35.5. The summed E-state index contributed by atoms with van der Waals surface area (Å²) in [6.07, 6.45) is 1.80. The van der Waals surface area contributed by atoms with Gasteiger partial charge in [-0.1, -0.05) is 47.0 Å². The number of hydrogen-bond donors (Lipinski definition) is 4. The second kappa shape index (κ2) is 11.7. The molecule has 0 heterocycles. The van der Waals surface area contributed by atoms with Crippen molar-refractivity contribution in [3.8, 4) is 0 Å². The summed E-state index contributed by atoms with van der Waals surface area (Å²) in [5, 5.41) is 14.3. The number of halogens is 2. The number of aldehydes is 1. The van der Waals surface area contributed by atoms with Gasteiger partial charge in [-0.2, -0.15) is 0 Å². The van der Waals surface area contributed by atoms with Crippen LogP contribution in [0.5, 0.6) is 0 Å². The number of carbonyl (C=O) groups excluding carboxylic acids is 3. The summed E-state index contributed by atoms with van der Waals surface area (Å²) in [5.41, 5.74) is 6.35. The Morgan fingerprint density at radius 2 is 1.69 bits per heavy atom. The molecule has 10 heteroatoms. The van der Waals surface area contributed by atoms with Crippen molar-refractivity contribution in [2.45, 2.75) is 39.2 Å². The maximum atomic E-state index is 12.1. The summed E-state index contributed by atoms with van der Waals surface area (Å²) in [6, 6.07) is 12.5. The molecule has 35 heavy (non-hydrogen) atoms. The van der Waals surface area contributed by atoms with Crippen molar-refractivity contribution in [2.75, 3.05) is 11.9 Å². The van der Waals surface area contributed by atoms with Gasteiger partial charge in [-0.25, -0.2) is 0 Å². The standard InChI is InChI=1S/C14H11Cl2NO.C11H18N2O4/c1-9-5-7-10(8-6-9)17-14(18)13-11(15)3-2-4-12(13)16;1-10(9(17)13-5-8(15)16)4-3-7(6-14)11(10,2)12/h2-8H,1H3,(H,17,18);6-7H,3-5,12H2,1-2H3,(H,13,17)(H,15,16)/t;7-,10-,11?/m.1/s1. The SMILES string of the molecule is CC1(N)[C@@H](C=O)CC[C@]1(C)C(=O)NCC(=O)O.Cc1ccc(NC(=O)c2c(Cl)cccc2Cl)cc1. The molecule has 1 fully saturated rings. The third kappa shape index (κ3) is 6.60.